The largest absolute Gasteiger partial charge is 0.504 e. The van der Waals surface area contributed by atoms with Gasteiger partial charge in [0, 0.05) is 43.7 Å². The second-order valence-electron chi connectivity index (χ2n) is 7.21. The van der Waals surface area contributed by atoms with Crippen molar-refractivity contribution < 1.29 is 14.8 Å². The number of fused-ring (bicyclic) bond motifs is 1. The van der Waals surface area contributed by atoms with Crippen LogP contribution in [0.5, 0.6) is 11.5 Å². The lowest BCUT2D eigenvalue weighted by Gasteiger charge is -2.31. The molecule has 3 aromatic rings. The lowest BCUT2D eigenvalue weighted by atomic mass is 10.0. The summed E-state index contributed by atoms with van der Waals surface area (Å²) in [5, 5.41) is 21.3. The summed E-state index contributed by atoms with van der Waals surface area (Å²) >= 11 is 0. The third kappa shape index (κ3) is 3.82. The van der Waals surface area contributed by atoms with Gasteiger partial charge in [-0.25, -0.2) is 0 Å². The average Bonchev–Trinajstić information content (AvgIpc) is 3.10. The molecule has 29 heavy (non-hydrogen) atoms. The minimum absolute atomic E-state index is 0.0421. The number of phenolic OH excluding ortho intramolecular Hbond substituents is 1. The number of aromatic hydroxyl groups is 1. The number of ether oxygens (including phenoxy) is 1. The summed E-state index contributed by atoms with van der Waals surface area (Å²) in [5.41, 5.74) is 3.24. The SMILES string of the molecule is COc1ccc(C2c3cccn3CCCN2Cc2ccc([N+](=O)[O-])cc2)cc1O. The van der Waals surface area contributed by atoms with Crippen LogP contribution in [0.1, 0.15) is 29.3 Å². The van der Waals surface area contributed by atoms with Crippen LogP contribution in [0.4, 0.5) is 5.69 Å². The standard InChI is InChI=1S/C22H23N3O4/c1-29-21-10-7-17(14-20(21)26)22-19-4-2-11-23(19)12-3-13-24(22)15-16-5-8-18(9-6-16)25(27)28/h2,4-11,14,22,26H,3,12-13,15H2,1H3. The van der Waals surface area contributed by atoms with Gasteiger partial charge in [-0.05, 0) is 41.8 Å². The molecule has 0 bridgehead atoms. The van der Waals surface area contributed by atoms with E-state index in [1.54, 1.807) is 24.3 Å². The molecule has 0 saturated heterocycles. The van der Waals surface area contributed by atoms with Gasteiger partial charge in [0.15, 0.2) is 11.5 Å². The zero-order valence-electron chi connectivity index (χ0n) is 16.2. The zero-order chi connectivity index (χ0) is 20.4. The number of hydrogen-bond donors (Lipinski definition) is 1. The van der Waals surface area contributed by atoms with Crippen molar-refractivity contribution in [1.82, 2.24) is 9.47 Å². The van der Waals surface area contributed by atoms with E-state index < -0.39 is 0 Å². The summed E-state index contributed by atoms with van der Waals surface area (Å²) in [6, 6.07) is 16.3. The monoisotopic (exact) mass is 393 g/mol. The van der Waals surface area contributed by atoms with E-state index in [9.17, 15) is 15.2 Å². The zero-order valence-corrected chi connectivity index (χ0v) is 16.2. The first-order chi connectivity index (χ1) is 14.1. The fourth-order valence-electron chi connectivity index (χ4n) is 4.03. The molecule has 7 nitrogen and oxygen atoms in total. The van der Waals surface area contributed by atoms with Crippen LogP contribution < -0.4 is 4.74 Å². The van der Waals surface area contributed by atoms with E-state index in [1.165, 1.54) is 7.11 Å². The summed E-state index contributed by atoms with van der Waals surface area (Å²) in [5.74, 6) is 0.558. The maximum atomic E-state index is 10.9. The summed E-state index contributed by atoms with van der Waals surface area (Å²) in [4.78, 5) is 12.9. The molecule has 1 N–H and O–H groups in total. The number of hydrogen-bond acceptors (Lipinski definition) is 5. The molecule has 1 unspecified atom stereocenters. The third-order valence-electron chi connectivity index (χ3n) is 5.41. The molecule has 0 spiro atoms. The molecule has 7 heteroatoms. The van der Waals surface area contributed by atoms with Gasteiger partial charge in [0.05, 0.1) is 18.1 Å². The van der Waals surface area contributed by atoms with Crippen molar-refractivity contribution in [2.75, 3.05) is 13.7 Å². The summed E-state index contributed by atoms with van der Waals surface area (Å²) in [6.45, 7) is 2.45. The van der Waals surface area contributed by atoms with Gasteiger partial charge < -0.3 is 14.4 Å². The highest BCUT2D eigenvalue weighted by molar-refractivity contribution is 5.44. The Labute approximate surface area is 168 Å². The van der Waals surface area contributed by atoms with E-state index >= 15 is 0 Å². The Balaban J connectivity index is 1.70. The number of nitro benzene ring substituents is 1. The molecule has 0 radical (unpaired) electrons. The van der Waals surface area contributed by atoms with Crippen molar-refractivity contribution in [1.29, 1.82) is 0 Å². The highest BCUT2D eigenvalue weighted by Crippen LogP contribution is 2.37. The number of phenols is 1. The van der Waals surface area contributed by atoms with Crippen LogP contribution in [0.15, 0.2) is 60.8 Å². The first kappa shape index (κ1) is 19.0. The van der Waals surface area contributed by atoms with Crippen LogP contribution in [0, 0.1) is 10.1 Å². The van der Waals surface area contributed by atoms with Crippen molar-refractivity contribution >= 4 is 5.69 Å². The molecule has 2 heterocycles. The van der Waals surface area contributed by atoms with Crippen molar-refractivity contribution in [2.24, 2.45) is 0 Å². The second kappa shape index (κ2) is 7.97. The minimum Gasteiger partial charge on any atom is -0.504 e. The third-order valence-corrected chi connectivity index (χ3v) is 5.41. The van der Waals surface area contributed by atoms with Gasteiger partial charge >= 0.3 is 0 Å². The number of methoxy groups -OCH3 is 1. The Morgan fingerprint density at radius 2 is 1.97 bits per heavy atom. The van der Waals surface area contributed by atoms with Crippen LogP contribution in [-0.4, -0.2) is 33.2 Å². The molecule has 1 aliphatic rings. The van der Waals surface area contributed by atoms with Gasteiger partial charge in [-0.15, -0.1) is 0 Å². The number of benzene rings is 2. The van der Waals surface area contributed by atoms with E-state index in [0.29, 0.717) is 12.3 Å². The van der Waals surface area contributed by atoms with E-state index in [1.807, 2.05) is 24.3 Å². The maximum Gasteiger partial charge on any atom is 0.269 e. The topological polar surface area (TPSA) is 80.8 Å². The van der Waals surface area contributed by atoms with Crippen LogP contribution in [0.25, 0.3) is 0 Å². The summed E-state index contributed by atoms with van der Waals surface area (Å²) < 4.78 is 7.45. The molecular weight excluding hydrogens is 370 g/mol. The van der Waals surface area contributed by atoms with Crippen LogP contribution in [0.3, 0.4) is 0 Å². The Hall–Kier alpha value is -3.32. The highest BCUT2D eigenvalue weighted by atomic mass is 16.6. The number of nitrogens with zero attached hydrogens (tertiary/aromatic N) is 3. The van der Waals surface area contributed by atoms with E-state index in [-0.39, 0.29) is 22.4 Å². The number of non-ortho nitro benzene ring substituents is 1. The lowest BCUT2D eigenvalue weighted by molar-refractivity contribution is -0.384. The number of aromatic nitrogens is 1. The average molecular weight is 393 g/mol. The minimum atomic E-state index is -0.383. The van der Waals surface area contributed by atoms with E-state index in [0.717, 1.165) is 36.3 Å². The molecule has 0 aliphatic carbocycles. The van der Waals surface area contributed by atoms with Gasteiger partial charge in [0.1, 0.15) is 0 Å². The first-order valence-corrected chi connectivity index (χ1v) is 9.56. The van der Waals surface area contributed by atoms with Crippen LogP contribution in [0.2, 0.25) is 0 Å². The van der Waals surface area contributed by atoms with Crippen molar-refractivity contribution in [3.05, 3.63) is 87.7 Å². The smallest absolute Gasteiger partial charge is 0.269 e. The maximum absolute atomic E-state index is 10.9. The molecule has 4 rings (SSSR count). The molecule has 0 saturated carbocycles. The fourth-order valence-corrected chi connectivity index (χ4v) is 4.03. The summed E-state index contributed by atoms with van der Waals surface area (Å²) in [6.07, 6.45) is 3.08. The van der Waals surface area contributed by atoms with E-state index in [4.69, 9.17) is 4.74 Å². The second-order valence-corrected chi connectivity index (χ2v) is 7.21. The summed E-state index contributed by atoms with van der Waals surface area (Å²) in [7, 11) is 1.53. The van der Waals surface area contributed by atoms with Gasteiger partial charge in [0.25, 0.3) is 5.69 Å². The van der Waals surface area contributed by atoms with Gasteiger partial charge in [0.2, 0.25) is 0 Å². The number of aryl methyl sites for hydroxylation is 1. The quantitative estimate of drug-likeness (QED) is 0.521. The van der Waals surface area contributed by atoms with Crippen LogP contribution >= 0.6 is 0 Å². The molecule has 0 fully saturated rings. The lowest BCUT2D eigenvalue weighted by Crippen LogP contribution is -2.29. The Morgan fingerprint density at radius 3 is 2.66 bits per heavy atom. The highest BCUT2D eigenvalue weighted by Gasteiger charge is 2.28. The predicted octanol–water partition coefficient (Wildman–Crippen LogP) is 4.11. The predicted molar refractivity (Wildman–Crippen MR) is 109 cm³/mol. The van der Waals surface area contributed by atoms with Crippen molar-refractivity contribution in [3.63, 3.8) is 0 Å². The number of rotatable bonds is 5. The normalized spacial score (nSPS) is 16.8. The van der Waals surface area contributed by atoms with Crippen molar-refractivity contribution in [3.8, 4) is 11.5 Å². The molecule has 1 aliphatic heterocycles. The van der Waals surface area contributed by atoms with Gasteiger partial charge in [-0.2, -0.15) is 0 Å². The Kier molecular flexibility index (Phi) is 5.22. The van der Waals surface area contributed by atoms with Crippen molar-refractivity contribution in [2.45, 2.75) is 25.6 Å². The molecule has 1 aromatic heterocycles. The molecule has 150 valence electrons. The molecule has 1 atom stereocenters. The van der Waals surface area contributed by atoms with E-state index in [2.05, 4.69) is 21.7 Å². The fraction of sp³-hybridized carbons (Fsp3) is 0.273. The molecule has 0 amide bonds. The first-order valence-electron chi connectivity index (χ1n) is 9.56. The van der Waals surface area contributed by atoms with Gasteiger partial charge in [-0.1, -0.05) is 18.2 Å². The molecule has 2 aromatic carbocycles. The van der Waals surface area contributed by atoms with Gasteiger partial charge in [-0.3, -0.25) is 15.0 Å². The molecular formula is C22H23N3O4. The Bertz CT molecular complexity index is 1010. The Morgan fingerprint density at radius 1 is 1.17 bits per heavy atom. The number of nitro groups is 1. The van der Waals surface area contributed by atoms with Crippen LogP contribution in [-0.2, 0) is 13.1 Å².